The highest BCUT2D eigenvalue weighted by Gasteiger charge is 2.23. The molecule has 17 heavy (non-hydrogen) atoms. The van der Waals surface area contributed by atoms with Gasteiger partial charge in [0.15, 0.2) is 0 Å². The molecule has 0 saturated heterocycles. The molecule has 0 atom stereocenters. The minimum atomic E-state index is 0.348. The maximum absolute atomic E-state index is 9.99. The average Bonchev–Trinajstić information content (AvgIpc) is 2.80. The molecule has 0 aliphatic carbocycles. The number of para-hydroxylation sites is 1. The Hall–Kier alpha value is -2.03. The molecule has 2 heterocycles. The Labute approximate surface area is 100 Å². The van der Waals surface area contributed by atoms with Gasteiger partial charge in [-0.2, -0.15) is 0 Å². The van der Waals surface area contributed by atoms with Gasteiger partial charge in [0, 0.05) is 30.5 Å². The van der Waals surface area contributed by atoms with Crippen LogP contribution >= 0.6 is 0 Å². The highest BCUT2D eigenvalue weighted by atomic mass is 16.3. The third-order valence-electron chi connectivity index (χ3n) is 3.26. The molecule has 3 heteroatoms. The fourth-order valence-electron chi connectivity index (χ4n) is 2.27. The molecule has 0 amide bonds. The molecule has 1 N–H and O–H groups in total. The molecule has 1 aromatic carbocycles. The summed E-state index contributed by atoms with van der Waals surface area (Å²) in [7, 11) is 0. The van der Waals surface area contributed by atoms with Gasteiger partial charge in [0.05, 0.1) is 5.69 Å². The predicted molar refractivity (Wildman–Crippen MR) is 67.0 cm³/mol. The van der Waals surface area contributed by atoms with Gasteiger partial charge in [0.25, 0.3) is 0 Å². The van der Waals surface area contributed by atoms with Crippen molar-refractivity contribution in [2.24, 2.45) is 0 Å². The predicted octanol–water partition coefficient (Wildman–Crippen LogP) is 2.62. The van der Waals surface area contributed by atoms with Crippen LogP contribution in [-0.4, -0.2) is 10.1 Å². The topological polar surface area (TPSA) is 36.4 Å². The molecule has 86 valence electrons. The largest absolute Gasteiger partial charge is 0.506 e. The Balaban J connectivity index is 1.96. The van der Waals surface area contributed by atoms with E-state index in [1.54, 1.807) is 0 Å². The van der Waals surface area contributed by atoms with Crippen LogP contribution in [0.15, 0.2) is 36.5 Å². The van der Waals surface area contributed by atoms with Gasteiger partial charge in [-0.05, 0) is 24.6 Å². The molecule has 0 spiro atoms. The molecular weight excluding hydrogens is 212 g/mol. The number of fused-ring (bicyclic) bond motifs is 1. The van der Waals surface area contributed by atoms with E-state index >= 15 is 0 Å². The maximum Gasteiger partial charge on any atom is 0.142 e. The molecule has 2 aromatic rings. The zero-order valence-corrected chi connectivity index (χ0v) is 9.72. The summed E-state index contributed by atoms with van der Waals surface area (Å²) in [5.74, 6) is 0.348. The SMILES string of the molecule is Cc1ncc2c(c1O)CN(c1ccccc1)C2. The lowest BCUT2D eigenvalue weighted by Crippen LogP contribution is -2.13. The van der Waals surface area contributed by atoms with E-state index in [2.05, 4.69) is 22.0 Å². The third kappa shape index (κ3) is 1.64. The first-order valence-electron chi connectivity index (χ1n) is 5.72. The van der Waals surface area contributed by atoms with Gasteiger partial charge in [-0.3, -0.25) is 4.98 Å². The van der Waals surface area contributed by atoms with Crippen molar-refractivity contribution in [1.29, 1.82) is 0 Å². The van der Waals surface area contributed by atoms with Crippen LogP contribution in [0.3, 0.4) is 0 Å². The molecular formula is C14H14N2O. The molecule has 0 radical (unpaired) electrons. The first kappa shape index (κ1) is 10.1. The maximum atomic E-state index is 9.99. The lowest BCUT2D eigenvalue weighted by molar-refractivity contribution is 0.461. The Morgan fingerprint density at radius 1 is 1.18 bits per heavy atom. The Kier molecular flexibility index (Phi) is 2.25. The van der Waals surface area contributed by atoms with Crippen molar-refractivity contribution in [3.05, 3.63) is 53.3 Å². The standard InChI is InChI=1S/C14H14N2O/c1-10-14(17)13-9-16(8-11(13)7-15-10)12-5-3-2-4-6-12/h2-7,17H,8-9H2,1H3. The molecule has 0 bridgehead atoms. The smallest absolute Gasteiger partial charge is 0.142 e. The van der Waals surface area contributed by atoms with E-state index in [-0.39, 0.29) is 0 Å². The molecule has 1 aliphatic heterocycles. The van der Waals surface area contributed by atoms with Gasteiger partial charge in [-0.1, -0.05) is 18.2 Å². The van der Waals surface area contributed by atoms with E-state index in [1.807, 2.05) is 31.3 Å². The highest BCUT2D eigenvalue weighted by molar-refractivity contribution is 5.54. The van der Waals surface area contributed by atoms with Crippen molar-refractivity contribution in [2.75, 3.05) is 4.90 Å². The summed E-state index contributed by atoms with van der Waals surface area (Å²) in [5.41, 5.74) is 4.03. The van der Waals surface area contributed by atoms with E-state index in [0.717, 1.165) is 24.2 Å². The molecule has 1 aliphatic rings. The summed E-state index contributed by atoms with van der Waals surface area (Å²) in [4.78, 5) is 6.44. The van der Waals surface area contributed by atoms with E-state index in [1.165, 1.54) is 5.69 Å². The number of rotatable bonds is 1. The van der Waals surface area contributed by atoms with Crippen molar-refractivity contribution in [2.45, 2.75) is 20.0 Å². The number of hydrogen-bond acceptors (Lipinski definition) is 3. The molecule has 1 aromatic heterocycles. The second-order valence-electron chi connectivity index (χ2n) is 4.39. The van der Waals surface area contributed by atoms with Gasteiger partial charge in [-0.15, -0.1) is 0 Å². The summed E-state index contributed by atoms with van der Waals surface area (Å²) in [6.07, 6.45) is 1.87. The summed E-state index contributed by atoms with van der Waals surface area (Å²) in [6, 6.07) is 10.2. The minimum absolute atomic E-state index is 0.348. The lowest BCUT2D eigenvalue weighted by Gasteiger charge is -2.17. The van der Waals surface area contributed by atoms with E-state index < -0.39 is 0 Å². The number of aromatic nitrogens is 1. The zero-order chi connectivity index (χ0) is 11.8. The second-order valence-corrected chi connectivity index (χ2v) is 4.39. The summed E-state index contributed by atoms with van der Waals surface area (Å²) in [6.45, 7) is 3.41. The Morgan fingerprint density at radius 2 is 1.94 bits per heavy atom. The van der Waals surface area contributed by atoms with E-state index in [0.29, 0.717) is 11.4 Å². The normalized spacial score (nSPS) is 13.8. The molecule has 3 nitrogen and oxygen atoms in total. The lowest BCUT2D eigenvalue weighted by atomic mass is 10.1. The van der Waals surface area contributed by atoms with Crippen LogP contribution in [0.1, 0.15) is 16.8 Å². The number of aromatic hydroxyl groups is 1. The average molecular weight is 226 g/mol. The number of aryl methyl sites for hydroxylation is 1. The highest BCUT2D eigenvalue weighted by Crippen LogP contribution is 2.33. The van der Waals surface area contributed by atoms with E-state index in [4.69, 9.17) is 0 Å². The number of benzene rings is 1. The number of hydrogen-bond donors (Lipinski definition) is 1. The van der Waals surface area contributed by atoms with Crippen LogP contribution in [0.25, 0.3) is 0 Å². The molecule has 3 rings (SSSR count). The second kappa shape index (κ2) is 3.77. The van der Waals surface area contributed by atoms with Crippen molar-refractivity contribution < 1.29 is 5.11 Å². The number of nitrogens with zero attached hydrogens (tertiary/aromatic N) is 2. The fraction of sp³-hybridized carbons (Fsp3) is 0.214. The van der Waals surface area contributed by atoms with Crippen LogP contribution in [0.2, 0.25) is 0 Å². The molecule has 0 saturated carbocycles. The summed E-state index contributed by atoms with van der Waals surface area (Å²) in [5, 5.41) is 9.99. The van der Waals surface area contributed by atoms with Crippen molar-refractivity contribution >= 4 is 5.69 Å². The zero-order valence-electron chi connectivity index (χ0n) is 9.72. The monoisotopic (exact) mass is 226 g/mol. The van der Waals surface area contributed by atoms with Crippen molar-refractivity contribution in [1.82, 2.24) is 4.98 Å². The Bertz CT molecular complexity index is 552. The van der Waals surface area contributed by atoms with Crippen LogP contribution in [-0.2, 0) is 13.1 Å². The summed E-state index contributed by atoms with van der Waals surface area (Å²) >= 11 is 0. The van der Waals surface area contributed by atoms with Crippen molar-refractivity contribution in [3.63, 3.8) is 0 Å². The first-order chi connectivity index (χ1) is 8.25. The quantitative estimate of drug-likeness (QED) is 0.812. The fourth-order valence-corrected chi connectivity index (χ4v) is 2.27. The van der Waals surface area contributed by atoms with Crippen LogP contribution in [0.4, 0.5) is 5.69 Å². The van der Waals surface area contributed by atoms with Crippen LogP contribution in [0, 0.1) is 6.92 Å². The first-order valence-corrected chi connectivity index (χ1v) is 5.72. The number of pyridine rings is 1. The van der Waals surface area contributed by atoms with Crippen LogP contribution in [0.5, 0.6) is 5.75 Å². The van der Waals surface area contributed by atoms with Gasteiger partial charge < -0.3 is 10.0 Å². The van der Waals surface area contributed by atoms with Gasteiger partial charge >= 0.3 is 0 Å². The van der Waals surface area contributed by atoms with Gasteiger partial charge in [0.2, 0.25) is 0 Å². The van der Waals surface area contributed by atoms with Gasteiger partial charge in [-0.25, -0.2) is 0 Å². The molecule has 0 fully saturated rings. The molecule has 0 unspecified atom stereocenters. The minimum Gasteiger partial charge on any atom is -0.506 e. The summed E-state index contributed by atoms with van der Waals surface area (Å²) < 4.78 is 0. The Morgan fingerprint density at radius 3 is 2.71 bits per heavy atom. The third-order valence-corrected chi connectivity index (χ3v) is 3.26. The van der Waals surface area contributed by atoms with Crippen molar-refractivity contribution in [3.8, 4) is 5.75 Å². The van der Waals surface area contributed by atoms with Crippen LogP contribution < -0.4 is 4.90 Å². The number of anilines is 1. The van der Waals surface area contributed by atoms with Gasteiger partial charge in [0.1, 0.15) is 5.75 Å². The van der Waals surface area contributed by atoms with E-state index in [9.17, 15) is 5.11 Å².